The Morgan fingerprint density at radius 1 is 1.33 bits per heavy atom. The Morgan fingerprint density at radius 3 is 2.67 bits per heavy atom. The molecule has 0 aliphatic carbocycles. The highest BCUT2D eigenvalue weighted by Gasteiger charge is 2.08. The highest BCUT2D eigenvalue weighted by Crippen LogP contribution is 2.28. The van der Waals surface area contributed by atoms with Crippen molar-refractivity contribution in [2.75, 3.05) is 12.4 Å². The van der Waals surface area contributed by atoms with Crippen molar-refractivity contribution in [3.05, 3.63) is 47.7 Å². The van der Waals surface area contributed by atoms with E-state index in [4.69, 9.17) is 5.41 Å². The fourth-order valence-corrected chi connectivity index (χ4v) is 2.04. The molecule has 0 atom stereocenters. The van der Waals surface area contributed by atoms with E-state index in [1.807, 2.05) is 25.2 Å². The van der Waals surface area contributed by atoms with E-state index in [9.17, 15) is 0 Å². The van der Waals surface area contributed by atoms with Crippen molar-refractivity contribution >= 4 is 18.0 Å². The lowest BCUT2D eigenvalue weighted by atomic mass is 10.0. The minimum Gasteiger partial charge on any atom is -0.388 e. The molecule has 3 heteroatoms. The summed E-state index contributed by atoms with van der Waals surface area (Å²) in [6.45, 7) is 5.81. The molecule has 0 saturated heterocycles. The van der Waals surface area contributed by atoms with Gasteiger partial charge in [0.05, 0.1) is 0 Å². The number of aryl methyl sites for hydroxylation is 1. The Hall–Kier alpha value is -2.29. The van der Waals surface area contributed by atoms with E-state index >= 15 is 0 Å². The van der Waals surface area contributed by atoms with Gasteiger partial charge in [-0.15, -0.1) is 0 Å². The number of aromatic amines is 1. The minimum absolute atomic E-state index is 0.882. The third-order valence-electron chi connectivity index (χ3n) is 3.04. The van der Waals surface area contributed by atoms with Crippen LogP contribution in [0, 0.1) is 12.3 Å². The van der Waals surface area contributed by atoms with Crippen LogP contribution in [0.4, 0.5) is 5.69 Å². The van der Waals surface area contributed by atoms with Gasteiger partial charge >= 0.3 is 0 Å². The second-order valence-corrected chi connectivity index (χ2v) is 4.18. The zero-order valence-corrected chi connectivity index (χ0v) is 10.7. The lowest BCUT2D eigenvalue weighted by Crippen LogP contribution is -1.97. The fourth-order valence-electron chi connectivity index (χ4n) is 2.04. The molecule has 0 fully saturated rings. The van der Waals surface area contributed by atoms with Crippen LogP contribution < -0.4 is 5.32 Å². The van der Waals surface area contributed by atoms with Crippen LogP contribution in [0.5, 0.6) is 0 Å². The van der Waals surface area contributed by atoms with Crippen LogP contribution in [0.3, 0.4) is 0 Å². The average Bonchev–Trinajstić information content (AvgIpc) is 2.86. The summed E-state index contributed by atoms with van der Waals surface area (Å²) < 4.78 is 0. The molecule has 0 amide bonds. The van der Waals surface area contributed by atoms with Gasteiger partial charge in [0.25, 0.3) is 0 Å². The fraction of sp³-hybridized carbons (Fsp3) is 0.133. The van der Waals surface area contributed by atoms with E-state index in [0.717, 1.165) is 28.2 Å². The topological polar surface area (TPSA) is 51.7 Å². The van der Waals surface area contributed by atoms with Crippen molar-refractivity contribution in [2.24, 2.45) is 0 Å². The maximum atomic E-state index is 7.47. The standard InChI is InChI=1S/C15H17N3/c1-4-12-5-6-14(18-12)13-8-11(9-16)15(17-3)7-10(13)2/h4-9,16-18H,1H2,2-3H3. The molecule has 0 radical (unpaired) electrons. The van der Waals surface area contributed by atoms with Gasteiger partial charge in [0.1, 0.15) is 0 Å². The van der Waals surface area contributed by atoms with Crippen molar-refractivity contribution in [3.8, 4) is 11.3 Å². The zero-order valence-electron chi connectivity index (χ0n) is 10.7. The molecule has 0 aliphatic heterocycles. The molecule has 1 aromatic heterocycles. The number of hydrogen-bond acceptors (Lipinski definition) is 2. The molecule has 0 saturated carbocycles. The molecule has 1 heterocycles. The molecule has 0 bridgehead atoms. The van der Waals surface area contributed by atoms with Crippen LogP contribution in [0.25, 0.3) is 17.3 Å². The van der Waals surface area contributed by atoms with E-state index in [2.05, 4.69) is 29.9 Å². The lowest BCUT2D eigenvalue weighted by Gasteiger charge is -2.11. The smallest absolute Gasteiger partial charge is 0.0461 e. The Labute approximate surface area is 107 Å². The summed E-state index contributed by atoms with van der Waals surface area (Å²) in [5.74, 6) is 0. The van der Waals surface area contributed by atoms with Crippen LogP contribution in [0.1, 0.15) is 16.8 Å². The maximum Gasteiger partial charge on any atom is 0.0461 e. The molecule has 2 rings (SSSR count). The van der Waals surface area contributed by atoms with Gasteiger partial charge in [0, 0.05) is 41.5 Å². The summed E-state index contributed by atoms with van der Waals surface area (Å²) in [5.41, 5.74) is 6.18. The maximum absolute atomic E-state index is 7.47. The van der Waals surface area contributed by atoms with Crippen molar-refractivity contribution in [1.29, 1.82) is 5.41 Å². The summed E-state index contributed by atoms with van der Waals surface area (Å²) >= 11 is 0. The minimum atomic E-state index is 0.882. The first-order chi connectivity index (χ1) is 8.69. The highest BCUT2D eigenvalue weighted by atomic mass is 14.8. The monoisotopic (exact) mass is 239 g/mol. The van der Waals surface area contributed by atoms with Gasteiger partial charge in [-0.2, -0.15) is 0 Å². The van der Waals surface area contributed by atoms with Gasteiger partial charge in [0.2, 0.25) is 0 Å². The summed E-state index contributed by atoms with van der Waals surface area (Å²) in [6.07, 6.45) is 3.16. The number of hydrogen-bond donors (Lipinski definition) is 3. The first-order valence-electron chi connectivity index (χ1n) is 5.84. The first kappa shape index (κ1) is 12.2. The molecule has 0 spiro atoms. The number of benzene rings is 1. The second-order valence-electron chi connectivity index (χ2n) is 4.18. The van der Waals surface area contributed by atoms with Gasteiger partial charge in [-0.3, -0.25) is 0 Å². The van der Waals surface area contributed by atoms with Crippen LogP contribution in [0.2, 0.25) is 0 Å². The van der Waals surface area contributed by atoms with Crippen molar-refractivity contribution in [3.63, 3.8) is 0 Å². The molecular weight excluding hydrogens is 222 g/mol. The second kappa shape index (κ2) is 4.92. The number of anilines is 1. The van der Waals surface area contributed by atoms with E-state index in [-0.39, 0.29) is 0 Å². The number of nitrogens with one attached hydrogen (secondary N) is 3. The van der Waals surface area contributed by atoms with Crippen LogP contribution in [-0.4, -0.2) is 18.2 Å². The van der Waals surface area contributed by atoms with Crippen LogP contribution >= 0.6 is 0 Å². The van der Waals surface area contributed by atoms with Gasteiger partial charge in [-0.25, -0.2) is 0 Å². The molecule has 0 unspecified atom stereocenters. The molecule has 18 heavy (non-hydrogen) atoms. The molecule has 3 nitrogen and oxygen atoms in total. The number of aromatic nitrogens is 1. The average molecular weight is 239 g/mol. The zero-order chi connectivity index (χ0) is 13.1. The molecule has 0 aliphatic rings. The number of rotatable bonds is 4. The van der Waals surface area contributed by atoms with Gasteiger partial charge in [0.15, 0.2) is 0 Å². The Kier molecular flexibility index (Phi) is 3.33. The van der Waals surface area contributed by atoms with Crippen LogP contribution in [0.15, 0.2) is 30.8 Å². The summed E-state index contributed by atoms with van der Waals surface area (Å²) in [5, 5.41) is 10.6. The lowest BCUT2D eigenvalue weighted by molar-refractivity contribution is 1.33. The van der Waals surface area contributed by atoms with E-state index < -0.39 is 0 Å². The van der Waals surface area contributed by atoms with Gasteiger partial charge < -0.3 is 15.7 Å². The van der Waals surface area contributed by atoms with Gasteiger partial charge in [-0.1, -0.05) is 6.58 Å². The molecular formula is C15H17N3. The molecule has 3 N–H and O–H groups in total. The summed E-state index contributed by atoms with van der Waals surface area (Å²) in [6, 6.07) is 8.11. The van der Waals surface area contributed by atoms with E-state index in [0.29, 0.717) is 0 Å². The summed E-state index contributed by atoms with van der Waals surface area (Å²) in [4.78, 5) is 3.30. The predicted molar refractivity (Wildman–Crippen MR) is 78.5 cm³/mol. The van der Waals surface area contributed by atoms with Crippen molar-refractivity contribution < 1.29 is 0 Å². The van der Waals surface area contributed by atoms with E-state index in [1.54, 1.807) is 6.08 Å². The normalized spacial score (nSPS) is 10.1. The SMILES string of the molecule is C=Cc1ccc(-c2cc(C=N)c(NC)cc2C)[nH]1. The van der Waals surface area contributed by atoms with Crippen LogP contribution in [-0.2, 0) is 0 Å². The Balaban J connectivity index is 2.56. The molecule has 92 valence electrons. The largest absolute Gasteiger partial charge is 0.388 e. The van der Waals surface area contributed by atoms with Gasteiger partial charge in [-0.05, 0) is 42.8 Å². The van der Waals surface area contributed by atoms with Crippen molar-refractivity contribution in [2.45, 2.75) is 6.92 Å². The molecule has 2 aromatic rings. The van der Waals surface area contributed by atoms with E-state index in [1.165, 1.54) is 11.8 Å². The first-order valence-corrected chi connectivity index (χ1v) is 5.84. The third-order valence-corrected chi connectivity index (χ3v) is 3.04. The Bertz CT molecular complexity index is 594. The number of H-pyrrole nitrogens is 1. The quantitative estimate of drug-likeness (QED) is 0.700. The predicted octanol–water partition coefficient (Wildman–Crippen LogP) is 3.67. The third kappa shape index (κ3) is 2.07. The van der Waals surface area contributed by atoms with Crippen molar-refractivity contribution in [1.82, 2.24) is 4.98 Å². The highest BCUT2D eigenvalue weighted by molar-refractivity contribution is 5.89. The Morgan fingerprint density at radius 2 is 2.11 bits per heavy atom. The summed E-state index contributed by atoms with van der Waals surface area (Å²) in [7, 11) is 1.87. The molecule has 1 aromatic carbocycles.